The summed E-state index contributed by atoms with van der Waals surface area (Å²) in [6.45, 7) is 2.79. The molecule has 1 rings (SSSR count). The molecule has 0 fully saturated rings. The molecule has 0 aliphatic heterocycles. The van der Waals surface area contributed by atoms with E-state index in [1.807, 2.05) is 0 Å². The molecular formula is C18H27FO3. The highest BCUT2D eigenvalue weighted by Crippen LogP contribution is 2.22. The minimum atomic E-state index is -0.276. The summed E-state index contributed by atoms with van der Waals surface area (Å²) in [5.41, 5.74) is 1.00. The first-order chi connectivity index (χ1) is 10.7. The Kier molecular flexibility index (Phi) is 9.28. The maximum Gasteiger partial charge on any atom is 0.305 e. The van der Waals surface area contributed by atoms with Crippen LogP contribution >= 0.6 is 0 Å². The molecule has 0 bridgehead atoms. The number of hydrogen-bond donors (Lipinski definition) is 0. The van der Waals surface area contributed by atoms with E-state index >= 15 is 0 Å². The Morgan fingerprint density at radius 3 is 2.68 bits per heavy atom. The molecule has 22 heavy (non-hydrogen) atoms. The summed E-state index contributed by atoms with van der Waals surface area (Å²) in [4.78, 5) is 11.1. The molecule has 0 amide bonds. The van der Waals surface area contributed by atoms with Crippen molar-refractivity contribution in [3.8, 4) is 5.75 Å². The van der Waals surface area contributed by atoms with Crippen molar-refractivity contribution in [1.82, 2.24) is 0 Å². The van der Waals surface area contributed by atoms with Crippen molar-refractivity contribution in [3.05, 3.63) is 29.6 Å². The van der Waals surface area contributed by atoms with Crippen LogP contribution in [0.2, 0.25) is 0 Å². The van der Waals surface area contributed by atoms with Crippen LogP contribution in [0.1, 0.15) is 57.4 Å². The van der Waals surface area contributed by atoms with Gasteiger partial charge in [-0.15, -0.1) is 0 Å². The summed E-state index contributed by atoms with van der Waals surface area (Å²) in [6, 6.07) is 4.68. The van der Waals surface area contributed by atoms with Crippen LogP contribution in [0.25, 0.3) is 0 Å². The van der Waals surface area contributed by atoms with Crippen molar-refractivity contribution in [2.24, 2.45) is 0 Å². The summed E-state index contributed by atoms with van der Waals surface area (Å²) in [5, 5.41) is 0. The van der Waals surface area contributed by atoms with Crippen LogP contribution in [-0.2, 0) is 16.0 Å². The average molecular weight is 310 g/mol. The lowest BCUT2D eigenvalue weighted by atomic mass is 10.1. The van der Waals surface area contributed by atoms with E-state index in [1.54, 1.807) is 6.07 Å². The molecule has 0 unspecified atom stereocenters. The minimum absolute atomic E-state index is 0.188. The summed E-state index contributed by atoms with van der Waals surface area (Å²) in [7, 11) is 1.40. The Morgan fingerprint density at radius 2 is 1.95 bits per heavy atom. The highest BCUT2D eigenvalue weighted by atomic mass is 19.1. The number of methoxy groups -OCH3 is 1. The Labute approximate surface area is 132 Å². The van der Waals surface area contributed by atoms with Gasteiger partial charge in [0.1, 0.15) is 11.6 Å². The Balaban J connectivity index is 2.42. The first kappa shape index (κ1) is 18.5. The normalized spacial score (nSPS) is 10.5. The van der Waals surface area contributed by atoms with Gasteiger partial charge in [0.15, 0.2) is 0 Å². The fourth-order valence-corrected chi connectivity index (χ4v) is 2.27. The zero-order chi connectivity index (χ0) is 16.2. The fourth-order valence-electron chi connectivity index (χ4n) is 2.27. The maximum absolute atomic E-state index is 13.4. The van der Waals surface area contributed by atoms with Gasteiger partial charge in [-0.05, 0) is 37.3 Å². The van der Waals surface area contributed by atoms with Crippen LogP contribution < -0.4 is 4.74 Å². The number of ether oxygens (including phenoxy) is 2. The first-order valence-electron chi connectivity index (χ1n) is 8.15. The summed E-state index contributed by atoms with van der Waals surface area (Å²) < 4.78 is 23.7. The van der Waals surface area contributed by atoms with E-state index < -0.39 is 0 Å². The van der Waals surface area contributed by atoms with E-state index in [2.05, 4.69) is 11.7 Å². The number of carbonyl (C=O) groups excluding carboxylic acids is 1. The molecule has 0 atom stereocenters. The van der Waals surface area contributed by atoms with Gasteiger partial charge >= 0.3 is 5.97 Å². The zero-order valence-corrected chi connectivity index (χ0v) is 13.7. The number of aryl methyl sites for hydroxylation is 1. The van der Waals surface area contributed by atoms with Gasteiger partial charge in [-0.25, -0.2) is 4.39 Å². The van der Waals surface area contributed by atoms with Crippen molar-refractivity contribution >= 4 is 5.97 Å². The number of halogens is 1. The molecule has 0 heterocycles. The fraction of sp³-hybridized carbons (Fsp3) is 0.611. The van der Waals surface area contributed by atoms with Gasteiger partial charge in [-0.3, -0.25) is 4.79 Å². The smallest absolute Gasteiger partial charge is 0.305 e. The largest absolute Gasteiger partial charge is 0.493 e. The average Bonchev–Trinajstić information content (AvgIpc) is 2.52. The van der Waals surface area contributed by atoms with Gasteiger partial charge in [-0.2, -0.15) is 0 Å². The van der Waals surface area contributed by atoms with E-state index in [0.717, 1.165) is 37.7 Å². The zero-order valence-electron chi connectivity index (χ0n) is 13.7. The molecule has 124 valence electrons. The lowest BCUT2D eigenvalue weighted by Crippen LogP contribution is -2.02. The topological polar surface area (TPSA) is 35.5 Å². The third-order valence-corrected chi connectivity index (χ3v) is 3.59. The van der Waals surface area contributed by atoms with Gasteiger partial charge < -0.3 is 9.47 Å². The third-order valence-electron chi connectivity index (χ3n) is 3.59. The van der Waals surface area contributed by atoms with Crippen LogP contribution in [-0.4, -0.2) is 19.7 Å². The molecule has 0 aliphatic rings. The second-order valence-corrected chi connectivity index (χ2v) is 5.44. The first-order valence-corrected chi connectivity index (χ1v) is 8.15. The molecule has 1 aromatic rings. The molecule has 0 radical (unpaired) electrons. The third kappa shape index (κ3) is 7.43. The number of carbonyl (C=O) groups is 1. The molecule has 0 saturated heterocycles. The SMILES string of the molecule is CCCCCCOc1cc(F)ccc1CCCCC(=O)OC. The van der Waals surface area contributed by atoms with Crippen LogP contribution in [0.5, 0.6) is 5.75 Å². The Bertz CT molecular complexity index is 446. The summed E-state index contributed by atoms with van der Waals surface area (Å²) >= 11 is 0. The van der Waals surface area contributed by atoms with Gasteiger partial charge in [0.2, 0.25) is 0 Å². The highest BCUT2D eigenvalue weighted by Gasteiger charge is 2.07. The number of esters is 1. The number of benzene rings is 1. The lowest BCUT2D eigenvalue weighted by molar-refractivity contribution is -0.140. The van der Waals surface area contributed by atoms with Crippen LogP contribution in [0.3, 0.4) is 0 Å². The van der Waals surface area contributed by atoms with E-state index in [9.17, 15) is 9.18 Å². The summed E-state index contributed by atoms with van der Waals surface area (Å²) in [6.07, 6.45) is 7.34. The minimum Gasteiger partial charge on any atom is -0.493 e. The second kappa shape index (κ2) is 11.0. The van der Waals surface area contributed by atoms with Crippen LogP contribution in [0.15, 0.2) is 18.2 Å². The van der Waals surface area contributed by atoms with Crippen molar-refractivity contribution in [3.63, 3.8) is 0 Å². The molecule has 0 aliphatic carbocycles. The lowest BCUT2D eigenvalue weighted by Gasteiger charge is -2.11. The van der Waals surface area contributed by atoms with Crippen molar-refractivity contribution in [2.75, 3.05) is 13.7 Å². The Hall–Kier alpha value is -1.58. The molecule has 1 aromatic carbocycles. The van der Waals surface area contributed by atoms with Crippen molar-refractivity contribution < 1.29 is 18.7 Å². The number of rotatable bonds is 11. The van der Waals surface area contributed by atoms with Crippen molar-refractivity contribution in [1.29, 1.82) is 0 Å². The van der Waals surface area contributed by atoms with Crippen LogP contribution in [0.4, 0.5) is 4.39 Å². The second-order valence-electron chi connectivity index (χ2n) is 5.44. The molecule has 0 spiro atoms. The quantitative estimate of drug-likeness (QED) is 0.440. The molecule has 3 nitrogen and oxygen atoms in total. The van der Waals surface area contributed by atoms with Gasteiger partial charge in [0.05, 0.1) is 13.7 Å². The van der Waals surface area contributed by atoms with Crippen LogP contribution in [0, 0.1) is 5.82 Å². The molecule has 0 N–H and O–H groups in total. The van der Waals surface area contributed by atoms with Gasteiger partial charge in [0, 0.05) is 12.5 Å². The van der Waals surface area contributed by atoms with E-state index in [1.165, 1.54) is 32.1 Å². The van der Waals surface area contributed by atoms with E-state index in [0.29, 0.717) is 18.8 Å². The Morgan fingerprint density at radius 1 is 1.14 bits per heavy atom. The number of unbranched alkanes of at least 4 members (excludes halogenated alkanes) is 4. The maximum atomic E-state index is 13.4. The molecule has 4 heteroatoms. The molecular weight excluding hydrogens is 283 g/mol. The predicted octanol–water partition coefficient (Wildman–Crippen LogP) is 4.67. The number of hydrogen-bond acceptors (Lipinski definition) is 3. The predicted molar refractivity (Wildman–Crippen MR) is 85.6 cm³/mol. The van der Waals surface area contributed by atoms with Gasteiger partial charge in [0.25, 0.3) is 0 Å². The highest BCUT2D eigenvalue weighted by molar-refractivity contribution is 5.68. The monoisotopic (exact) mass is 310 g/mol. The molecule has 0 aromatic heterocycles. The summed E-state index contributed by atoms with van der Waals surface area (Å²) in [5.74, 6) is 0.169. The van der Waals surface area contributed by atoms with E-state index in [-0.39, 0.29) is 11.8 Å². The van der Waals surface area contributed by atoms with E-state index in [4.69, 9.17) is 4.74 Å². The van der Waals surface area contributed by atoms with Crippen molar-refractivity contribution in [2.45, 2.75) is 58.3 Å². The van der Waals surface area contributed by atoms with Gasteiger partial charge in [-0.1, -0.05) is 32.3 Å². The standard InChI is InChI=1S/C18H27FO3/c1-3-4-5-8-13-22-17-14-16(19)12-11-15(17)9-6-7-10-18(20)21-2/h11-12,14H,3-10,13H2,1-2H3. The molecule has 0 saturated carbocycles.